The summed E-state index contributed by atoms with van der Waals surface area (Å²) in [5.41, 5.74) is 1.36. The first-order chi connectivity index (χ1) is 13.0. The minimum absolute atomic E-state index is 0.0503. The molecule has 0 unspecified atom stereocenters. The number of hydrogen-bond acceptors (Lipinski definition) is 3. The van der Waals surface area contributed by atoms with Gasteiger partial charge in [0.15, 0.2) is 5.43 Å². The largest absolute Gasteiger partial charge is 0.481 e. The van der Waals surface area contributed by atoms with Gasteiger partial charge in [-0.1, -0.05) is 31.2 Å². The number of hydrogen-bond donors (Lipinski definition) is 1. The Labute approximate surface area is 155 Å². The van der Waals surface area contributed by atoms with Gasteiger partial charge in [-0.2, -0.15) is 0 Å². The molecule has 0 aliphatic carbocycles. The molecule has 1 aliphatic rings. The van der Waals surface area contributed by atoms with Crippen LogP contribution in [-0.4, -0.2) is 39.5 Å². The summed E-state index contributed by atoms with van der Waals surface area (Å²) in [6.45, 7) is 2.59. The first kappa shape index (κ1) is 17.3. The number of carbonyl (C=O) groups is 2. The molecule has 1 N–H and O–H groups in total. The Kier molecular flexibility index (Phi) is 4.18. The van der Waals surface area contributed by atoms with Crippen LogP contribution in [-0.2, 0) is 16.1 Å². The third kappa shape index (κ3) is 2.87. The van der Waals surface area contributed by atoms with Gasteiger partial charge >= 0.3 is 5.97 Å². The van der Waals surface area contributed by atoms with Gasteiger partial charge in [0.2, 0.25) is 5.91 Å². The van der Waals surface area contributed by atoms with Crippen molar-refractivity contribution in [2.75, 3.05) is 13.1 Å². The van der Waals surface area contributed by atoms with Crippen LogP contribution in [0, 0.1) is 11.8 Å². The Balaban J connectivity index is 1.77. The van der Waals surface area contributed by atoms with Crippen LogP contribution in [0.4, 0.5) is 0 Å². The zero-order valence-corrected chi connectivity index (χ0v) is 15.0. The van der Waals surface area contributed by atoms with Gasteiger partial charge in [-0.25, -0.2) is 0 Å². The van der Waals surface area contributed by atoms with Crippen LogP contribution >= 0.6 is 0 Å². The highest BCUT2D eigenvalue weighted by atomic mass is 16.4. The molecule has 1 aliphatic heterocycles. The second-order valence-corrected chi connectivity index (χ2v) is 7.17. The van der Waals surface area contributed by atoms with E-state index in [1.807, 2.05) is 47.9 Å². The maximum Gasteiger partial charge on any atom is 0.308 e. The van der Waals surface area contributed by atoms with E-state index in [-0.39, 0.29) is 30.3 Å². The SMILES string of the molecule is C[C@@H]1CN(C(=O)Cn2c3ccccc3c(=O)c3ccccc32)C[C@H]1C(=O)O. The number of pyridine rings is 1. The Bertz CT molecular complexity index is 1060. The fourth-order valence-electron chi connectivity index (χ4n) is 3.97. The van der Waals surface area contributed by atoms with Gasteiger partial charge in [0.05, 0.1) is 17.0 Å². The second kappa shape index (κ2) is 6.54. The first-order valence-corrected chi connectivity index (χ1v) is 8.98. The quantitative estimate of drug-likeness (QED) is 0.724. The van der Waals surface area contributed by atoms with Gasteiger partial charge in [-0.05, 0) is 30.2 Å². The topological polar surface area (TPSA) is 79.6 Å². The molecule has 6 heteroatoms. The zero-order chi connectivity index (χ0) is 19.1. The molecule has 1 aromatic heterocycles. The van der Waals surface area contributed by atoms with Crippen LogP contribution < -0.4 is 5.43 Å². The summed E-state index contributed by atoms with van der Waals surface area (Å²) in [6.07, 6.45) is 0. The maximum absolute atomic E-state index is 12.9. The number of rotatable bonds is 3. The third-order valence-corrected chi connectivity index (χ3v) is 5.45. The molecule has 3 aromatic rings. The number of benzene rings is 2. The van der Waals surface area contributed by atoms with E-state index in [1.54, 1.807) is 17.0 Å². The van der Waals surface area contributed by atoms with Crippen molar-refractivity contribution in [2.24, 2.45) is 11.8 Å². The first-order valence-electron chi connectivity index (χ1n) is 8.98. The standard InChI is InChI=1S/C21H20N2O4/c1-13-10-22(11-16(13)21(26)27)19(24)12-23-17-8-4-2-6-14(17)20(25)15-7-3-5-9-18(15)23/h2-9,13,16H,10-12H2,1H3,(H,26,27)/t13-,16-/m1/s1. The van der Waals surface area contributed by atoms with Crippen LogP contribution in [0.2, 0.25) is 0 Å². The van der Waals surface area contributed by atoms with E-state index in [1.165, 1.54) is 0 Å². The lowest BCUT2D eigenvalue weighted by atomic mass is 9.99. The highest BCUT2D eigenvalue weighted by Crippen LogP contribution is 2.25. The van der Waals surface area contributed by atoms with E-state index >= 15 is 0 Å². The minimum Gasteiger partial charge on any atom is -0.481 e. The molecule has 0 bridgehead atoms. The number of para-hydroxylation sites is 2. The molecule has 1 saturated heterocycles. The molecule has 0 saturated carbocycles. The number of carboxylic acid groups (broad SMARTS) is 1. The summed E-state index contributed by atoms with van der Waals surface area (Å²) in [5, 5.41) is 10.5. The van der Waals surface area contributed by atoms with Crippen molar-refractivity contribution in [3.05, 3.63) is 58.8 Å². The van der Waals surface area contributed by atoms with Crippen LogP contribution in [0.5, 0.6) is 0 Å². The summed E-state index contributed by atoms with van der Waals surface area (Å²) >= 11 is 0. The van der Waals surface area contributed by atoms with Gasteiger partial charge in [-0.15, -0.1) is 0 Å². The summed E-state index contributed by atoms with van der Waals surface area (Å²) in [7, 11) is 0. The third-order valence-electron chi connectivity index (χ3n) is 5.45. The van der Waals surface area contributed by atoms with Gasteiger partial charge in [0, 0.05) is 23.9 Å². The Morgan fingerprint density at radius 2 is 1.56 bits per heavy atom. The van der Waals surface area contributed by atoms with Crippen molar-refractivity contribution < 1.29 is 14.7 Å². The molecule has 1 fully saturated rings. The molecular weight excluding hydrogens is 344 g/mol. The van der Waals surface area contributed by atoms with E-state index in [0.717, 1.165) is 0 Å². The predicted octanol–water partition coefficient (Wildman–Crippen LogP) is 2.33. The van der Waals surface area contributed by atoms with Crippen LogP contribution in [0.25, 0.3) is 21.8 Å². The Hall–Kier alpha value is -3.15. The summed E-state index contributed by atoms with van der Waals surface area (Å²) < 4.78 is 1.85. The summed E-state index contributed by atoms with van der Waals surface area (Å²) in [6, 6.07) is 14.5. The van der Waals surface area contributed by atoms with Gasteiger partial charge < -0.3 is 14.6 Å². The number of carboxylic acids is 1. The molecule has 2 atom stereocenters. The number of aliphatic carboxylic acids is 1. The molecule has 6 nitrogen and oxygen atoms in total. The van der Waals surface area contributed by atoms with E-state index in [9.17, 15) is 19.5 Å². The van der Waals surface area contributed by atoms with Crippen molar-refractivity contribution >= 4 is 33.7 Å². The fraction of sp³-hybridized carbons (Fsp3) is 0.286. The molecule has 27 heavy (non-hydrogen) atoms. The van der Waals surface area contributed by atoms with Crippen molar-refractivity contribution in [3.8, 4) is 0 Å². The van der Waals surface area contributed by atoms with Crippen molar-refractivity contribution in [1.82, 2.24) is 9.47 Å². The second-order valence-electron chi connectivity index (χ2n) is 7.17. The predicted molar refractivity (Wildman–Crippen MR) is 103 cm³/mol. The lowest BCUT2D eigenvalue weighted by Gasteiger charge is -2.20. The van der Waals surface area contributed by atoms with Crippen molar-refractivity contribution in [1.29, 1.82) is 0 Å². The fourth-order valence-corrected chi connectivity index (χ4v) is 3.97. The number of nitrogens with zero attached hydrogens (tertiary/aromatic N) is 2. The molecule has 0 radical (unpaired) electrons. The zero-order valence-electron chi connectivity index (χ0n) is 15.0. The molecule has 2 aromatic carbocycles. The van der Waals surface area contributed by atoms with E-state index in [2.05, 4.69) is 0 Å². The molecule has 4 rings (SSSR count). The molecular formula is C21H20N2O4. The molecule has 1 amide bonds. The van der Waals surface area contributed by atoms with Gasteiger partial charge in [0.25, 0.3) is 0 Å². The normalized spacial score (nSPS) is 19.7. The highest BCUT2D eigenvalue weighted by molar-refractivity contribution is 5.95. The monoisotopic (exact) mass is 364 g/mol. The Morgan fingerprint density at radius 1 is 1.00 bits per heavy atom. The van der Waals surface area contributed by atoms with Gasteiger partial charge in [-0.3, -0.25) is 14.4 Å². The lowest BCUT2D eigenvalue weighted by molar-refractivity contribution is -0.142. The molecule has 138 valence electrons. The number of fused-ring (bicyclic) bond motifs is 2. The van der Waals surface area contributed by atoms with Crippen LogP contribution in [0.15, 0.2) is 53.3 Å². The highest BCUT2D eigenvalue weighted by Gasteiger charge is 2.36. The average Bonchev–Trinajstić information content (AvgIpc) is 3.07. The number of amides is 1. The van der Waals surface area contributed by atoms with E-state index in [0.29, 0.717) is 28.4 Å². The summed E-state index contributed by atoms with van der Waals surface area (Å²) in [5.74, 6) is -1.60. The lowest BCUT2D eigenvalue weighted by Crippen LogP contribution is -2.33. The number of aromatic nitrogens is 1. The van der Waals surface area contributed by atoms with Crippen molar-refractivity contribution in [3.63, 3.8) is 0 Å². The van der Waals surface area contributed by atoms with Crippen molar-refractivity contribution in [2.45, 2.75) is 13.5 Å². The van der Waals surface area contributed by atoms with E-state index < -0.39 is 11.9 Å². The Morgan fingerprint density at radius 3 is 2.07 bits per heavy atom. The van der Waals surface area contributed by atoms with Gasteiger partial charge in [0.1, 0.15) is 6.54 Å². The van der Waals surface area contributed by atoms with E-state index in [4.69, 9.17) is 0 Å². The molecule has 2 heterocycles. The minimum atomic E-state index is -0.864. The number of carbonyl (C=O) groups excluding carboxylic acids is 1. The average molecular weight is 364 g/mol. The number of likely N-dealkylation sites (tertiary alicyclic amines) is 1. The van der Waals surface area contributed by atoms with Crippen LogP contribution in [0.1, 0.15) is 6.92 Å². The maximum atomic E-state index is 12.9. The summed E-state index contributed by atoms with van der Waals surface area (Å²) in [4.78, 5) is 38.7. The van der Waals surface area contributed by atoms with Crippen LogP contribution in [0.3, 0.4) is 0 Å². The molecule has 0 spiro atoms. The smallest absolute Gasteiger partial charge is 0.308 e.